The molecule has 0 spiro atoms. The molecular formula is C21H24N2O3. The number of benzene rings is 2. The largest absolute Gasteiger partial charge is 0.334 e. The maximum atomic E-state index is 12.3. The van der Waals surface area contributed by atoms with Crippen LogP contribution >= 0.6 is 0 Å². The molecule has 0 saturated heterocycles. The predicted molar refractivity (Wildman–Crippen MR) is 102 cm³/mol. The first-order valence-corrected chi connectivity index (χ1v) is 8.66. The van der Waals surface area contributed by atoms with Gasteiger partial charge in [0.1, 0.15) is 0 Å². The van der Waals surface area contributed by atoms with Crippen molar-refractivity contribution < 1.29 is 14.4 Å². The molecule has 2 aromatic rings. The Bertz CT molecular complexity index is 772. The summed E-state index contributed by atoms with van der Waals surface area (Å²) in [5, 5.41) is 2.75. The highest BCUT2D eigenvalue weighted by molar-refractivity contribution is 5.98. The van der Waals surface area contributed by atoms with Crippen molar-refractivity contribution in [1.29, 1.82) is 0 Å². The highest BCUT2D eigenvalue weighted by atomic mass is 16.2. The molecule has 0 saturated carbocycles. The van der Waals surface area contributed by atoms with E-state index in [1.54, 1.807) is 24.3 Å². The average Bonchev–Trinajstić information content (AvgIpc) is 2.61. The first-order valence-electron chi connectivity index (χ1n) is 8.66. The Balaban J connectivity index is 1.88. The molecule has 0 aromatic heterocycles. The number of amides is 2. The first-order chi connectivity index (χ1) is 12.5. The van der Waals surface area contributed by atoms with Gasteiger partial charge >= 0.3 is 0 Å². The first kappa shape index (κ1) is 19.4. The van der Waals surface area contributed by atoms with Crippen LogP contribution in [-0.4, -0.2) is 35.6 Å². The van der Waals surface area contributed by atoms with Crippen LogP contribution in [0.1, 0.15) is 36.2 Å². The molecule has 0 radical (unpaired) electrons. The summed E-state index contributed by atoms with van der Waals surface area (Å²) in [4.78, 5) is 37.0. The number of carbonyl (C=O) groups excluding carboxylic acids is 3. The van der Waals surface area contributed by atoms with Gasteiger partial charge in [0, 0.05) is 24.7 Å². The molecule has 2 rings (SSSR count). The van der Waals surface area contributed by atoms with Crippen LogP contribution in [0.5, 0.6) is 0 Å². The zero-order chi connectivity index (χ0) is 18.9. The molecule has 0 fully saturated rings. The molecule has 0 aliphatic rings. The van der Waals surface area contributed by atoms with Gasteiger partial charge in [0.05, 0.1) is 6.54 Å². The maximum Gasteiger partial charge on any atom is 0.243 e. The number of carbonyl (C=O) groups is 3. The summed E-state index contributed by atoms with van der Waals surface area (Å²) in [6.07, 6.45) is 1.64. The van der Waals surface area contributed by atoms with Gasteiger partial charge in [0.2, 0.25) is 11.8 Å². The van der Waals surface area contributed by atoms with Crippen molar-refractivity contribution in [2.24, 2.45) is 0 Å². The van der Waals surface area contributed by atoms with E-state index < -0.39 is 0 Å². The van der Waals surface area contributed by atoms with Gasteiger partial charge in [0.15, 0.2) is 5.78 Å². The number of nitrogens with zero attached hydrogens (tertiary/aromatic N) is 1. The zero-order valence-corrected chi connectivity index (χ0v) is 15.2. The third kappa shape index (κ3) is 6.16. The van der Waals surface area contributed by atoms with Gasteiger partial charge in [0.25, 0.3) is 0 Å². The molecular weight excluding hydrogens is 328 g/mol. The summed E-state index contributed by atoms with van der Waals surface area (Å²) in [5.74, 6) is -0.473. The molecule has 0 unspecified atom stereocenters. The number of anilines is 1. The Morgan fingerprint density at radius 2 is 1.69 bits per heavy atom. The smallest absolute Gasteiger partial charge is 0.243 e. The maximum absolute atomic E-state index is 12.3. The van der Waals surface area contributed by atoms with Gasteiger partial charge in [-0.2, -0.15) is 0 Å². The van der Waals surface area contributed by atoms with Crippen LogP contribution in [0.25, 0.3) is 0 Å². The van der Waals surface area contributed by atoms with E-state index in [1.807, 2.05) is 30.3 Å². The van der Waals surface area contributed by atoms with Crippen molar-refractivity contribution in [3.05, 3.63) is 65.7 Å². The van der Waals surface area contributed by atoms with E-state index in [-0.39, 0.29) is 24.1 Å². The Morgan fingerprint density at radius 3 is 2.35 bits per heavy atom. The van der Waals surface area contributed by atoms with Gasteiger partial charge in [-0.3, -0.25) is 14.4 Å². The van der Waals surface area contributed by atoms with Crippen molar-refractivity contribution in [1.82, 2.24) is 4.90 Å². The van der Waals surface area contributed by atoms with E-state index in [1.165, 1.54) is 24.3 Å². The van der Waals surface area contributed by atoms with Gasteiger partial charge in [-0.1, -0.05) is 42.5 Å². The fourth-order valence-electron chi connectivity index (χ4n) is 2.66. The molecule has 2 amide bonds. The van der Waals surface area contributed by atoms with Crippen molar-refractivity contribution in [3.63, 3.8) is 0 Å². The van der Waals surface area contributed by atoms with Crippen LogP contribution in [-0.2, 0) is 16.0 Å². The second-order valence-corrected chi connectivity index (χ2v) is 6.21. The lowest BCUT2D eigenvalue weighted by Gasteiger charge is -2.20. The van der Waals surface area contributed by atoms with E-state index in [0.717, 1.165) is 12.8 Å². The van der Waals surface area contributed by atoms with Crippen LogP contribution in [0.2, 0.25) is 0 Å². The van der Waals surface area contributed by atoms with Crippen LogP contribution in [0, 0.1) is 0 Å². The fourth-order valence-corrected chi connectivity index (χ4v) is 2.66. The monoisotopic (exact) mass is 352 g/mol. The van der Waals surface area contributed by atoms with Crippen molar-refractivity contribution >= 4 is 23.3 Å². The molecule has 0 bridgehead atoms. The van der Waals surface area contributed by atoms with Gasteiger partial charge < -0.3 is 10.2 Å². The van der Waals surface area contributed by atoms with E-state index in [2.05, 4.69) is 5.32 Å². The molecule has 0 atom stereocenters. The average molecular weight is 352 g/mol. The number of Topliss-reactive ketones (excluding diaryl/α,β-unsaturated/α-hetero) is 1. The van der Waals surface area contributed by atoms with Gasteiger partial charge in [-0.25, -0.2) is 0 Å². The van der Waals surface area contributed by atoms with E-state index in [9.17, 15) is 14.4 Å². The molecule has 136 valence electrons. The third-order valence-electron chi connectivity index (χ3n) is 4.07. The Kier molecular flexibility index (Phi) is 7.09. The van der Waals surface area contributed by atoms with E-state index >= 15 is 0 Å². The van der Waals surface area contributed by atoms with E-state index in [4.69, 9.17) is 0 Å². The topological polar surface area (TPSA) is 66.5 Å². The molecule has 2 aromatic carbocycles. The summed E-state index contributed by atoms with van der Waals surface area (Å²) in [7, 11) is 0. The van der Waals surface area contributed by atoms with Crippen molar-refractivity contribution in [2.45, 2.75) is 26.7 Å². The second kappa shape index (κ2) is 9.51. The lowest BCUT2D eigenvalue weighted by molar-refractivity contribution is -0.132. The van der Waals surface area contributed by atoms with Gasteiger partial charge in [-0.15, -0.1) is 0 Å². The lowest BCUT2D eigenvalue weighted by Crippen LogP contribution is -2.37. The highest BCUT2D eigenvalue weighted by Gasteiger charge is 2.14. The molecule has 1 N–H and O–H groups in total. The summed E-state index contributed by atoms with van der Waals surface area (Å²) in [5.41, 5.74) is 2.30. The number of ketones is 1. The number of hydrogen-bond acceptors (Lipinski definition) is 3. The van der Waals surface area contributed by atoms with Crippen molar-refractivity contribution in [3.8, 4) is 0 Å². The molecule has 0 heterocycles. The third-order valence-corrected chi connectivity index (χ3v) is 4.07. The standard InChI is InChI=1S/C21H24N2O3/c1-16(24)19-11-6-12-20(14-19)22-21(26)15-23(17(2)25)13-7-10-18-8-4-3-5-9-18/h3-6,8-9,11-12,14H,7,10,13,15H2,1-2H3,(H,22,26). The molecule has 0 aliphatic heterocycles. The van der Waals surface area contributed by atoms with Crippen LogP contribution in [0.4, 0.5) is 5.69 Å². The zero-order valence-electron chi connectivity index (χ0n) is 15.2. The number of aryl methyl sites for hydroxylation is 1. The normalized spacial score (nSPS) is 10.2. The minimum Gasteiger partial charge on any atom is -0.334 e. The highest BCUT2D eigenvalue weighted by Crippen LogP contribution is 2.11. The summed E-state index contributed by atoms with van der Waals surface area (Å²) in [6, 6.07) is 16.8. The minimum atomic E-state index is -0.277. The predicted octanol–water partition coefficient (Wildman–Crippen LogP) is 3.31. The second-order valence-electron chi connectivity index (χ2n) is 6.21. The Morgan fingerprint density at radius 1 is 0.962 bits per heavy atom. The Labute approximate surface area is 154 Å². The summed E-state index contributed by atoms with van der Waals surface area (Å²) < 4.78 is 0. The summed E-state index contributed by atoms with van der Waals surface area (Å²) in [6.45, 7) is 3.46. The lowest BCUT2D eigenvalue weighted by atomic mass is 10.1. The quantitative estimate of drug-likeness (QED) is 0.741. The van der Waals surface area contributed by atoms with Crippen LogP contribution in [0.15, 0.2) is 54.6 Å². The molecule has 0 aliphatic carbocycles. The SMILES string of the molecule is CC(=O)c1cccc(NC(=O)CN(CCCc2ccccc2)C(C)=O)c1. The number of nitrogens with one attached hydrogen (secondary N) is 1. The summed E-state index contributed by atoms with van der Waals surface area (Å²) >= 11 is 0. The van der Waals surface area contributed by atoms with Crippen LogP contribution < -0.4 is 5.32 Å². The Hall–Kier alpha value is -2.95. The molecule has 5 heteroatoms. The molecule has 5 nitrogen and oxygen atoms in total. The van der Waals surface area contributed by atoms with Gasteiger partial charge in [-0.05, 0) is 37.5 Å². The number of hydrogen-bond donors (Lipinski definition) is 1. The minimum absolute atomic E-state index is 0.00553. The van der Waals surface area contributed by atoms with E-state index in [0.29, 0.717) is 17.8 Å². The molecule has 26 heavy (non-hydrogen) atoms. The van der Waals surface area contributed by atoms with Crippen LogP contribution in [0.3, 0.4) is 0 Å². The number of rotatable bonds is 8. The van der Waals surface area contributed by atoms with Crippen molar-refractivity contribution in [2.75, 3.05) is 18.4 Å². The fraction of sp³-hybridized carbons (Fsp3) is 0.286.